The molecule has 0 spiro atoms. The van der Waals surface area contributed by atoms with Gasteiger partial charge in [-0.05, 0) is 186 Å². The summed E-state index contributed by atoms with van der Waals surface area (Å²) >= 11 is 0. The first kappa shape index (κ1) is 47.3. The Balaban J connectivity index is 0.723. The molecule has 16 aromatic carbocycles. The van der Waals surface area contributed by atoms with Crippen molar-refractivity contribution >= 4 is 174 Å². The lowest BCUT2D eigenvalue weighted by Crippen LogP contribution is -1.96. The highest BCUT2D eigenvalue weighted by molar-refractivity contribution is 6.32. The molecular weight excluding hydrogens is 1080 g/mol. The van der Waals surface area contributed by atoms with Crippen molar-refractivity contribution in [1.29, 1.82) is 0 Å². The molecule has 0 amide bonds. The van der Waals surface area contributed by atoms with Gasteiger partial charge in [-0.2, -0.15) is 0 Å². The van der Waals surface area contributed by atoms with Gasteiger partial charge in [0.2, 0.25) is 0 Å². The Morgan fingerprint density at radius 1 is 0.146 bits per heavy atom. The summed E-state index contributed by atoms with van der Waals surface area (Å²) < 4.78 is 16.8. The van der Waals surface area contributed by atoms with Crippen molar-refractivity contribution in [2.75, 3.05) is 0 Å². The summed E-state index contributed by atoms with van der Waals surface area (Å²) in [6, 6.07) is 108. The Bertz CT molecular complexity index is 6230. The van der Waals surface area contributed by atoms with Crippen LogP contribution in [0.1, 0.15) is 0 Å². The van der Waals surface area contributed by atoms with Crippen LogP contribution in [0.3, 0.4) is 0 Å². The van der Waals surface area contributed by atoms with E-state index in [-0.39, 0.29) is 0 Å². The van der Waals surface area contributed by atoms with E-state index in [1.54, 1.807) is 0 Å². The van der Waals surface area contributed by atoms with E-state index in [0.29, 0.717) is 0 Å². The zero-order valence-corrected chi connectivity index (χ0v) is 47.9. The molecule has 0 radical (unpaired) electrons. The van der Waals surface area contributed by atoms with E-state index in [4.69, 9.17) is 4.42 Å². The normalized spacial score (nSPS) is 12.5. The summed E-state index contributed by atoms with van der Waals surface area (Å²) in [5, 5.41) is 26.7. The average molecular weight is 1130 g/mol. The molecule has 5 nitrogen and oxygen atoms in total. The van der Waals surface area contributed by atoms with Crippen LogP contribution in [0.4, 0.5) is 0 Å². The van der Waals surface area contributed by atoms with Crippen LogP contribution >= 0.6 is 0 Å². The molecule has 410 valence electrons. The minimum absolute atomic E-state index is 0.883. The maximum absolute atomic E-state index is 7.10. The van der Waals surface area contributed by atoms with Crippen molar-refractivity contribution in [2.24, 2.45) is 0 Å². The molecule has 0 unspecified atom stereocenters. The maximum Gasteiger partial charge on any atom is 0.136 e. The van der Waals surface area contributed by atoms with Gasteiger partial charge < -0.3 is 22.7 Å². The Hall–Kier alpha value is -11.9. The second-order valence-electron chi connectivity index (χ2n) is 24.3. The zero-order valence-electron chi connectivity index (χ0n) is 47.9. The third kappa shape index (κ3) is 6.37. The molecule has 0 bridgehead atoms. The van der Waals surface area contributed by atoms with Crippen LogP contribution in [0, 0.1) is 0 Å². The van der Waals surface area contributed by atoms with Gasteiger partial charge >= 0.3 is 0 Å². The van der Waals surface area contributed by atoms with Crippen LogP contribution in [0.5, 0.6) is 0 Å². The predicted octanol–water partition coefficient (Wildman–Crippen LogP) is 22.9. The topological polar surface area (TPSA) is 32.9 Å². The number of furan rings is 1. The Morgan fingerprint density at radius 2 is 0.360 bits per heavy atom. The van der Waals surface area contributed by atoms with Gasteiger partial charge in [-0.25, -0.2) is 0 Å². The zero-order chi connectivity index (χ0) is 57.7. The number of benzene rings is 16. The van der Waals surface area contributed by atoms with Crippen LogP contribution in [-0.2, 0) is 0 Å². The first-order valence-corrected chi connectivity index (χ1v) is 30.7. The van der Waals surface area contributed by atoms with Gasteiger partial charge in [-0.15, -0.1) is 0 Å². The summed E-state index contributed by atoms with van der Waals surface area (Å²) in [7, 11) is 0. The standard InChI is InChI=1S/C84H48N4O/c1-3-19-55-53(17-1)65-41-49(87-79-31-15-9-25-63(79)71-43-51(35-39-81(71)87)85-75-27-11-5-21-59(75)60-22-6-12-28-76(60)85)33-37-57(65)69-47-83-73(45-67(55)69)74-46-68-56-20-4-2-18-54(56)66-42-50(34-38-58(66)70(68)48-84(74)89-83)88-80-32-16-10-26-64(80)72-44-52(36-40-82(72)88)86-77-29-13-7-23-61(77)62-24-8-14-30-78(62)86/h1-48H. The summed E-state index contributed by atoms with van der Waals surface area (Å²) in [5.41, 5.74) is 15.8. The van der Waals surface area contributed by atoms with E-state index >= 15 is 0 Å². The highest BCUT2D eigenvalue weighted by atomic mass is 16.3. The molecule has 0 aliphatic carbocycles. The van der Waals surface area contributed by atoms with Gasteiger partial charge in [0.05, 0.1) is 44.1 Å². The Labute approximate surface area is 507 Å². The number of aromatic nitrogens is 4. The molecule has 5 heteroatoms. The summed E-state index contributed by atoms with van der Waals surface area (Å²) in [6.07, 6.45) is 0. The maximum atomic E-state index is 7.10. The number of hydrogen-bond donors (Lipinski definition) is 0. The van der Waals surface area contributed by atoms with Gasteiger partial charge in [0.1, 0.15) is 11.2 Å². The summed E-state index contributed by atoms with van der Waals surface area (Å²) in [4.78, 5) is 0. The monoisotopic (exact) mass is 1130 g/mol. The molecule has 0 N–H and O–H groups in total. The molecule has 89 heavy (non-hydrogen) atoms. The van der Waals surface area contributed by atoms with Crippen molar-refractivity contribution < 1.29 is 4.42 Å². The predicted molar refractivity (Wildman–Crippen MR) is 376 cm³/mol. The van der Waals surface area contributed by atoms with Crippen molar-refractivity contribution in [3.05, 3.63) is 291 Å². The molecule has 0 saturated heterocycles. The molecule has 0 atom stereocenters. The molecule has 21 aromatic rings. The highest BCUT2D eigenvalue weighted by Gasteiger charge is 2.22. The number of fused-ring (bicyclic) bond motifs is 27. The van der Waals surface area contributed by atoms with Gasteiger partial charge in [0.15, 0.2) is 0 Å². The molecule has 0 aliphatic rings. The van der Waals surface area contributed by atoms with E-state index in [0.717, 1.165) is 44.7 Å². The minimum Gasteiger partial charge on any atom is -0.456 e. The third-order valence-corrected chi connectivity index (χ3v) is 19.9. The quantitative estimate of drug-likeness (QED) is 0.162. The van der Waals surface area contributed by atoms with E-state index < -0.39 is 0 Å². The van der Waals surface area contributed by atoms with Crippen molar-refractivity contribution in [3.63, 3.8) is 0 Å². The third-order valence-electron chi connectivity index (χ3n) is 19.9. The van der Waals surface area contributed by atoms with Crippen molar-refractivity contribution in [1.82, 2.24) is 18.3 Å². The molecule has 21 rings (SSSR count). The first-order valence-electron chi connectivity index (χ1n) is 30.7. The van der Waals surface area contributed by atoms with Crippen LogP contribution in [0.15, 0.2) is 296 Å². The van der Waals surface area contributed by atoms with E-state index in [1.165, 1.54) is 152 Å². The SMILES string of the molecule is c1ccc2c(c1)c1cc(-n3c4ccccc4c4cc(-n5c6ccccc6c6ccccc65)ccc43)ccc1c1cc3oc4cc5c6ccc(-n7c8ccccc8c8cc(-n9c%10ccccc%10c%10ccccc%109)ccc87)cc6c6ccccc6c5cc4c3cc21. The number of hydrogen-bond acceptors (Lipinski definition) is 1. The second-order valence-corrected chi connectivity index (χ2v) is 24.3. The minimum atomic E-state index is 0.883. The molecule has 0 aliphatic heterocycles. The molecule has 5 aromatic heterocycles. The summed E-state index contributed by atoms with van der Waals surface area (Å²) in [5.74, 6) is 0. The molecule has 5 heterocycles. The lowest BCUT2D eigenvalue weighted by atomic mass is 9.91. The molecule has 0 fully saturated rings. The Morgan fingerprint density at radius 3 is 0.674 bits per heavy atom. The van der Waals surface area contributed by atoms with Crippen molar-refractivity contribution in [2.45, 2.75) is 0 Å². The fourth-order valence-corrected chi connectivity index (χ4v) is 16.1. The van der Waals surface area contributed by atoms with Crippen LogP contribution < -0.4 is 0 Å². The van der Waals surface area contributed by atoms with Crippen LogP contribution in [-0.4, -0.2) is 18.3 Å². The van der Waals surface area contributed by atoms with E-state index in [2.05, 4.69) is 309 Å². The highest BCUT2D eigenvalue weighted by Crippen LogP contribution is 2.46. The first-order chi connectivity index (χ1) is 44.1. The number of rotatable bonds is 4. The number of para-hydroxylation sites is 6. The van der Waals surface area contributed by atoms with Crippen molar-refractivity contribution in [3.8, 4) is 22.7 Å². The van der Waals surface area contributed by atoms with E-state index in [1.807, 2.05) is 0 Å². The van der Waals surface area contributed by atoms with Crippen LogP contribution in [0.2, 0.25) is 0 Å². The van der Waals surface area contributed by atoms with Gasteiger partial charge in [-0.3, -0.25) is 0 Å². The number of nitrogens with zero attached hydrogens (tertiary/aromatic N) is 4. The lowest BCUT2D eigenvalue weighted by molar-refractivity contribution is 0.670. The van der Waals surface area contributed by atoms with Gasteiger partial charge in [0, 0.05) is 76.6 Å². The van der Waals surface area contributed by atoms with Gasteiger partial charge in [-0.1, -0.05) is 170 Å². The largest absolute Gasteiger partial charge is 0.456 e. The fraction of sp³-hybridized carbons (Fsp3) is 0. The average Bonchev–Trinajstić information content (AvgIpc) is 2.59. The molecule has 0 saturated carbocycles. The molecular formula is C84H48N4O. The second kappa shape index (κ2) is 17.4. The fourth-order valence-electron chi connectivity index (χ4n) is 16.1. The lowest BCUT2D eigenvalue weighted by Gasteiger charge is -2.14. The summed E-state index contributed by atoms with van der Waals surface area (Å²) in [6.45, 7) is 0. The Kier molecular flexibility index (Phi) is 9.25. The van der Waals surface area contributed by atoms with Gasteiger partial charge in [0.25, 0.3) is 0 Å². The smallest absolute Gasteiger partial charge is 0.136 e. The van der Waals surface area contributed by atoms with Crippen LogP contribution in [0.25, 0.3) is 197 Å². The van der Waals surface area contributed by atoms with E-state index in [9.17, 15) is 0 Å².